The Bertz CT molecular complexity index is 277. The minimum Gasteiger partial charge on any atom is -0.345 e. The van der Waals surface area contributed by atoms with Crippen LogP contribution in [-0.2, 0) is 4.79 Å². The van der Waals surface area contributed by atoms with Crippen LogP contribution in [0.1, 0.15) is 59.3 Å². The lowest BCUT2D eigenvalue weighted by atomic mass is 9.83. The molecule has 1 fully saturated rings. The van der Waals surface area contributed by atoms with Gasteiger partial charge in [0.05, 0.1) is 5.92 Å². The molecule has 0 spiro atoms. The average Bonchev–Trinajstić information content (AvgIpc) is 2.35. The zero-order valence-corrected chi connectivity index (χ0v) is 13.2. The average molecular weight is 268 g/mol. The molecule has 0 radical (unpaired) electrons. The molecule has 0 aliphatic heterocycles. The van der Waals surface area contributed by atoms with E-state index in [1.165, 1.54) is 32.1 Å². The van der Waals surface area contributed by atoms with Crippen LogP contribution in [0.25, 0.3) is 0 Å². The fourth-order valence-electron chi connectivity index (χ4n) is 3.17. The van der Waals surface area contributed by atoms with E-state index < -0.39 is 0 Å². The van der Waals surface area contributed by atoms with Crippen molar-refractivity contribution in [3.05, 3.63) is 0 Å². The van der Waals surface area contributed by atoms with Crippen LogP contribution in [0, 0.1) is 17.3 Å². The predicted molar refractivity (Wildman–Crippen MR) is 80.8 cm³/mol. The van der Waals surface area contributed by atoms with Crippen molar-refractivity contribution >= 4 is 5.91 Å². The Balaban J connectivity index is 2.48. The fraction of sp³-hybridized carbons (Fsp3) is 0.938. The lowest BCUT2D eigenvalue weighted by Gasteiger charge is -2.31. The Hall–Kier alpha value is -0.570. The third-order valence-corrected chi connectivity index (χ3v) is 4.13. The first-order valence-electron chi connectivity index (χ1n) is 7.78. The van der Waals surface area contributed by atoms with Gasteiger partial charge in [-0.25, -0.2) is 0 Å². The summed E-state index contributed by atoms with van der Waals surface area (Å²) in [5.74, 6) is 0.923. The Morgan fingerprint density at radius 1 is 1.26 bits per heavy atom. The van der Waals surface area contributed by atoms with Gasteiger partial charge in [0.25, 0.3) is 0 Å². The summed E-state index contributed by atoms with van der Waals surface area (Å²) < 4.78 is 0. The van der Waals surface area contributed by atoms with Crippen molar-refractivity contribution in [2.75, 3.05) is 20.1 Å². The maximum Gasteiger partial charge on any atom is 0.226 e. The third-order valence-electron chi connectivity index (χ3n) is 4.13. The van der Waals surface area contributed by atoms with Crippen LogP contribution in [0.3, 0.4) is 0 Å². The number of nitrogens with zero attached hydrogens (tertiary/aromatic N) is 1. The summed E-state index contributed by atoms with van der Waals surface area (Å²) in [7, 11) is 1.95. The van der Waals surface area contributed by atoms with Crippen LogP contribution in [0.2, 0.25) is 0 Å². The van der Waals surface area contributed by atoms with E-state index in [0.29, 0.717) is 12.5 Å². The molecular formula is C16H32N2O. The number of rotatable bonds is 5. The normalized spacial score (nSPS) is 19.2. The highest BCUT2D eigenvalue weighted by molar-refractivity contribution is 5.78. The van der Waals surface area contributed by atoms with Gasteiger partial charge in [-0.1, -0.05) is 40.0 Å². The molecule has 3 nitrogen and oxygen atoms in total. The molecule has 1 aliphatic rings. The lowest BCUT2D eigenvalue weighted by Crippen LogP contribution is -2.40. The second-order valence-corrected chi connectivity index (χ2v) is 7.42. The van der Waals surface area contributed by atoms with Gasteiger partial charge in [0.15, 0.2) is 0 Å². The van der Waals surface area contributed by atoms with E-state index in [1.54, 1.807) is 0 Å². The largest absolute Gasteiger partial charge is 0.345 e. The van der Waals surface area contributed by atoms with Gasteiger partial charge >= 0.3 is 0 Å². The molecule has 1 unspecified atom stereocenters. The zero-order chi connectivity index (χ0) is 14.5. The molecule has 0 aromatic heterocycles. The van der Waals surface area contributed by atoms with Crippen LogP contribution < -0.4 is 5.73 Å². The van der Waals surface area contributed by atoms with Crippen molar-refractivity contribution in [2.24, 2.45) is 23.0 Å². The number of hydrogen-bond acceptors (Lipinski definition) is 2. The fourth-order valence-corrected chi connectivity index (χ4v) is 3.17. The van der Waals surface area contributed by atoms with Gasteiger partial charge in [0.2, 0.25) is 5.91 Å². The maximum atomic E-state index is 12.5. The summed E-state index contributed by atoms with van der Waals surface area (Å²) in [5, 5.41) is 0. The highest BCUT2D eigenvalue weighted by Gasteiger charge is 2.27. The first kappa shape index (κ1) is 16.5. The van der Waals surface area contributed by atoms with Crippen LogP contribution in [-0.4, -0.2) is 30.9 Å². The molecule has 19 heavy (non-hydrogen) atoms. The predicted octanol–water partition coefficient (Wildman–Crippen LogP) is 3.04. The Labute approximate surface area is 118 Å². The molecule has 3 heteroatoms. The van der Waals surface area contributed by atoms with Crippen molar-refractivity contribution in [2.45, 2.75) is 59.3 Å². The highest BCUT2D eigenvalue weighted by atomic mass is 16.2. The Morgan fingerprint density at radius 2 is 1.84 bits per heavy atom. The molecule has 2 N–H and O–H groups in total. The van der Waals surface area contributed by atoms with Crippen molar-refractivity contribution < 1.29 is 4.79 Å². The molecule has 0 aromatic carbocycles. The maximum absolute atomic E-state index is 12.5. The topological polar surface area (TPSA) is 46.3 Å². The minimum absolute atomic E-state index is 0.0198. The molecular weight excluding hydrogens is 236 g/mol. The molecule has 1 atom stereocenters. The third kappa shape index (κ3) is 5.94. The number of hydrogen-bond donors (Lipinski definition) is 1. The number of carbonyl (C=O) groups is 1. The minimum atomic E-state index is -0.0198. The second-order valence-electron chi connectivity index (χ2n) is 7.42. The second kappa shape index (κ2) is 7.28. The van der Waals surface area contributed by atoms with E-state index in [2.05, 4.69) is 20.8 Å². The zero-order valence-electron chi connectivity index (χ0n) is 13.2. The van der Waals surface area contributed by atoms with Gasteiger partial charge < -0.3 is 10.6 Å². The van der Waals surface area contributed by atoms with Crippen molar-refractivity contribution in [3.8, 4) is 0 Å². The van der Waals surface area contributed by atoms with Crippen LogP contribution >= 0.6 is 0 Å². The summed E-state index contributed by atoms with van der Waals surface area (Å²) in [4.78, 5) is 14.4. The van der Waals surface area contributed by atoms with Crippen molar-refractivity contribution in [1.29, 1.82) is 0 Å². The van der Waals surface area contributed by atoms with E-state index in [4.69, 9.17) is 5.73 Å². The first-order chi connectivity index (χ1) is 8.83. The molecule has 0 aromatic rings. The molecule has 0 saturated heterocycles. The van der Waals surface area contributed by atoms with Crippen LogP contribution in [0.15, 0.2) is 0 Å². The van der Waals surface area contributed by atoms with Crippen LogP contribution in [0.5, 0.6) is 0 Å². The van der Waals surface area contributed by atoms with E-state index >= 15 is 0 Å². The molecule has 1 saturated carbocycles. The van der Waals surface area contributed by atoms with Gasteiger partial charge in [-0.15, -0.1) is 0 Å². The van der Waals surface area contributed by atoms with Crippen molar-refractivity contribution in [1.82, 2.24) is 4.90 Å². The van der Waals surface area contributed by atoms with Gasteiger partial charge in [-0.3, -0.25) is 4.79 Å². The monoisotopic (exact) mass is 268 g/mol. The molecule has 1 rings (SSSR count). The number of nitrogens with two attached hydrogens (primary N) is 1. The molecule has 112 valence electrons. The number of carbonyl (C=O) groups excluding carboxylic acids is 1. The molecule has 0 bridgehead atoms. The number of amides is 1. The lowest BCUT2D eigenvalue weighted by molar-refractivity contribution is -0.135. The summed E-state index contributed by atoms with van der Waals surface area (Å²) in [6.45, 7) is 7.89. The summed E-state index contributed by atoms with van der Waals surface area (Å²) in [6, 6.07) is 0. The van der Waals surface area contributed by atoms with Crippen molar-refractivity contribution in [3.63, 3.8) is 0 Å². The van der Waals surface area contributed by atoms with Crippen LogP contribution in [0.4, 0.5) is 0 Å². The first-order valence-corrected chi connectivity index (χ1v) is 7.78. The Morgan fingerprint density at radius 3 is 2.32 bits per heavy atom. The summed E-state index contributed by atoms with van der Waals surface area (Å²) >= 11 is 0. The Kier molecular flexibility index (Phi) is 6.31. The van der Waals surface area contributed by atoms with E-state index in [0.717, 1.165) is 13.0 Å². The van der Waals surface area contributed by atoms with Gasteiger partial charge in [0, 0.05) is 20.1 Å². The highest BCUT2D eigenvalue weighted by Crippen LogP contribution is 2.27. The molecule has 1 aliphatic carbocycles. The van der Waals surface area contributed by atoms with E-state index in [1.807, 2.05) is 11.9 Å². The van der Waals surface area contributed by atoms with E-state index in [9.17, 15) is 4.79 Å². The molecule has 0 heterocycles. The summed E-state index contributed by atoms with van der Waals surface area (Å²) in [5.41, 5.74) is 5.96. The van der Waals surface area contributed by atoms with Gasteiger partial charge in [0.1, 0.15) is 0 Å². The van der Waals surface area contributed by atoms with Gasteiger partial charge in [-0.05, 0) is 30.6 Å². The van der Waals surface area contributed by atoms with Gasteiger partial charge in [-0.2, -0.15) is 0 Å². The smallest absolute Gasteiger partial charge is 0.226 e. The SMILES string of the molecule is CN(CC1CCCCC1)C(=O)C(CN)CC(C)(C)C. The quantitative estimate of drug-likeness (QED) is 0.833. The van der Waals surface area contributed by atoms with E-state index in [-0.39, 0.29) is 17.2 Å². The standard InChI is InChI=1S/C16H32N2O/c1-16(2,3)10-14(11-17)15(19)18(4)12-13-8-6-5-7-9-13/h13-14H,5-12,17H2,1-4H3. The molecule has 1 amide bonds. The summed E-state index contributed by atoms with van der Waals surface area (Å²) in [6.07, 6.45) is 7.46.